The van der Waals surface area contributed by atoms with Gasteiger partial charge in [0, 0.05) is 28.6 Å². The summed E-state index contributed by atoms with van der Waals surface area (Å²) in [6, 6.07) is 9.01. The third-order valence-corrected chi connectivity index (χ3v) is 5.93. The zero-order valence-electron chi connectivity index (χ0n) is 13.7. The Bertz CT molecular complexity index is 760. The molecule has 0 aliphatic carbocycles. The predicted octanol–water partition coefficient (Wildman–Crippen LogP) is 4.01. The highest BCUT2D eigenvalue weighted by Crippen LogP contribution is 2.52. The number of nitrogens with one attached hydrogen (secondary N) is 1. The molecule has 0 bridgehead atoms. The van der Waals surface area contributed by atoms with Gasteiger partial charge < -0.3 is 4.98 Å². The fourth-order valence-corrected chi connectivity index (χ4v) is 4.82. The van der Waals surface area contributed by atoms with Crippen LogP contribution >= 0.6 is 0 Å². The number of para-hydroxylation sites is 1. The second kappa shape index (κ2) is 5.64. The third kappa shape index (κ3) is 2.18. The van der Waals surface area contributed by atoms with Crippen LogP contribution in [0.5, 0.6) is 0 Å². The molecule has 0 saturated carbocycles. The molecule has 0 spiro atoms. The summed E-state index contributed by atoms with van der Waals surface area (Å²) in [6.07, 6.45) is 9.36. The highest BCUT2D eigenvalue weighted by molar-refractivity contribution is 5.85. The van der Waals surface area contributed by atoms with E-state index in [1.807, 2.05) is 0 Å². The van der Waals surface area contributed by atoms with E-state index in [9.17, 15) is 4.79 Å². The van der Waals surface area contributed by atoms with Crippen LogP contribution < -0.4 is 0 Å². The number of fused-ring (bicyclic) bond motifs is 5. The van der Waals surface area contributed by atoms with Gasteiger partial charge in [-0.15, -0.1) is 0 Å². The average Bonchev–Trinajstić information content (AvgIpc) is 2.98. The number of rotatable bonds is 3. The van der Waals surface area contributed by atoms with E-state index in [2.05, 4.69) is 47.1 Å². The smallest absolute Gasteiger partial charge is 0.142 e. The number of aromatic nitrogens is 1. The van der Waals surface area contributed by atoms with Gasteiger partial charge in [0.1, 0.15) is 6.29 Å². The number of carbonyl (C=O) groups excluding carboxylic acids is 1. The number of carbonyl (C=O) groups is 1. The number of benzene rings is 1. The minimum Gasteiger partial charge on any atom is -0.357 e. The third-order valence-electron chi connectivity index (χ3n) is 5.93. The number of allylic oxidation sites excluding steroid dienone is 1. The van der Waals surface area contributed by atoms with Gasteiger partial charge in [-0.05, 0) is 49.9 Å². The summed E-state index contributed by atoms with van der Waals surface area (Å²) in [6.45, 7) is 4.54. The zero-order valence-corrected chi connectivity index (χ0v) is 13.7. The van der Waals surface area contributed by atoms with Crippen LogP contribution in [-0.2, 0) is 11.2 Å². The number of aldehydes is 1. The molecule has 3 nitrogen and oxygen atoms in total. The molecule has 3 heterocycles. The van der Waals surface area contributed by atoms with Gasteiger partial charge in [0.25, 0.3) is 0 Å². The second-order valence-electron chi connectivity index (χ2n) is 6.94. The molecule has 3 heteroatoms. The first-order valence-corrected chi connectivity index (χ1v) is 8.75. The lowest BCUT2D eigenvalue weighted by Gasteiger charge is -2.50. The quantitative estimate of drug-likeness (QED) is 0.687. The molecular formula is C20H24N2O. The summed E-state index contributed by atoms with van der Waals surface area (Å²) in [5.41, 5.74) is 4.18. The van der Waals surface area contributed by atoms with E-state index in [0.717, 1.165) is 38.6 Å². The summed E-state index contributed by atoms with van der Waals surface area (Å²) >= 11 is 0. The average molecular weight is 308 g/mol. The molecule has 1 N–H and O–H groups in total. The Morgan fingerprint density at radius 2 is 2.22 bits per heavy atom. The maximum atomic E-state index is 10.9. The number of aromatic amines is 1. The van der Waals surface area contributed by atoms with Crippen LogP contribution in [-0.4, -0.2) is 29.3 Å². The Kier molecular flexibility index (Phi) is 3.61. The first-order chi connectivity index (χ1) is 11.3. The molecule has 2 atom stereocenters. The Labute approximate surface area is 137 Å². The van der Waals surface area contributed by atoms with Crippen LogP contribution in [0.15, 0.2) is 36.4 Å². The van der Waals surface area contributed by atoms with E-state index in [0.29, 0.717) is 6.04 Å². The molecule has 0 amide bonds. The van der Waals surface area contributed by atoms with Crippen LogP contribution in [0.2, 0.25) is 0 Å². The topological polar surface area (TPSA) is 36.1 Å². The van der Waals surface area contributed by atoms with Crippen molar-refractivity contribution in [3.8, 4) is 0 Å². The molecule has 1 aromatic heterocycles. The first-order valence-electron chi connectivity index (χ1n) is 8.75. The largest absolute Gasteiger partial charge is 0.357 e. The summed E-state index contributed by atoms with van der Waals surface area (Å²) < 4.78 is 0. The number of nitrogens with zero attached hydrogens (tertiary/aromatic N) is 1. The van der Waals surface area contributed by atoms with E-state index in [1.165, 1.54) is 28.6 Å². The van der Waals surface area contributed by atoms with Gasteiger partial charge in [-0.25, -0.2) is 0 Å². The standard InChI is InChI=1S/C20H24N2O/c1-2-20(11-6-14-23)10-5-12-22-13-9-16-15-7-3-4-8-17(15)21-18(16)19(20)22/h3-4,6-8,11,14,19,21H,2,5,9-10,12-13H2,1H3/b11-6+/t19-,20+/m1/s1. The van der Waals surface area contributed by atoms with Crippen molar-refractivity contribution < 1.29 is 4.79 Å². The molecule has 120 valence electrons. The monoisotopic (exact) mass is 308 g/mol. The summed E-state index contributed by atoms with van der Waals surface area (Å²) in [4.78, 5) is 17.3. The number of H-pyrrole nitrogens is 1. The molecule has 1 fully saturated rings. The number of hydrogen-bond donors (Lipinski definition) is 1. The van der Waals surface area contributed by atoms with Gasteiger partial charge in [-0.2, -0.15) is 0 Å². The van der Waals surface area contributed by atoms with Gasteiger partial charge in [-0.3, -0.25) is 9.69 Å². The van der Waals surface area contributed by atoms with Crippen LogP contribution in [0.4, 0.5) is 0 Å². The van der Waals surface area contributed by atoms with Crippen molar-refractivity contribution in [3.63, 3.8) is 0 Å². The van der Waals surface area contributed by atoms with Crippen molar-refractivity contribution in [1.82, 2.24) is 9.88 Å². The molecule has 1 aromatic carbocycles. The molecule has 0 unspecified atom stereocenters. The fourth-order valence-electron chi connectivity index (χ4n) is 4.82. The predicted molar refractivity (Wildman–Crippen MR) is 93.5 cm³/mol. The summed E-state index contributed by atoms with van der Waals surface area (Å²) in [5, 5.41) is 1.37. The minimum atomic E-state index is 0.0647. The van der Waals surface area contributed by atoms with Crippen molar-refractivity contribution in [2.24, 2.45) is 5.41 Å². The highest BCUT2D eigenvalue weighted by Gasteiger charge is 2.45. The normalized spacial score (nSPS) is 28.0. The van der Waals surface area contributed by atoms with Crippen molar-refractivity contribution in [1.29, 1.82) is 0 Å². The summed E-state index contributed by atoms with van der Waals surface area (Å²) in [5.74, 6) is 0. The van der Waals surface area contributed by atoms with Crippen LogP contribution in [0, 0.1) is 5.41 Å². The van der Waals surface area contributed by atoms with Crippen LogP contribution in [0.3, 0.4) is 0 Å². The molecule has 1 saturated heterocycles. The van der Waals surface area contributed by atoms with E-state index in [1.54, 1.807) is 6.08 Å². The Morgan fingerprint density at radius 1 is 1.35 bits per heavy atom. The lowest BCUT2D eigenvalue weighted by atomic mass is 9.68. The van der Waals surface area contributed by atoms with Gasteiger partial charge in [0.2, 0.25) is 0 Å². The SMILES string of the molecule is CC[C@@]1(/C=C/C=O)CCCN2CCc3c([nH]c4ccccc34)[C@@H]21. The van der Waals surface area contributed by atoms with E-state index >= 15 is 0 Å². The Balaban J connectivity index is 1.89. The number of piperidine rings is 1. The maximum Gasteiger partial charge on any atom is 0.142 e. The number of hydrogen-bond acceptors (Lipinski definition) is 2. The molecule has 2 aliphatic heterocycles. The van der Waals surface area contributed by atoms with E-state index in [-0.39, 0.29) is 5.41 Å². The molecule has 2 aromatic rings. The van der Waals surface area contributed by atoms with Crippen molar-refractivity contribution in [2.75, 3.05) is 13.1 Å². The molecule has 4 rings (SSSR count). The fraction of sp³-hybridized carbons (Fsp3) is 0.450. The van der Waals surface area contributed by atoms with Crippen LogP contribution in [0.25, 0.3) is 10.9 Å². The Morgan fingerprint density at radius 3 is 3.04 bits per heavy atom. The molecular weight excluding hydrogens is 284 g/mol. The van der Waals surface area contributed by atoms with Gasteiger partial charge in [0.15, 0.2) is 0 Å². The van der Waals surface area contributed by atoms with Crippen LogP contribution in [0.1, 0.15) is 43.5 Å². The molecule has 2 aliphatic rings. The van der Waals surface area contributed by atoms with Gasteiger partial charge in [-0.1, -0.05) is 31.2 Å². The van der Waals surface area contributed by atoms with E-state index < -0.39 is 0 Å². The van der Waals surface area contributed by atoms with Gasteiger partial charge >= 0.3 is 0 Å². The van der Waals surface area contributed by atoms with Crippen molar-refractivity contribution in [3.05, 3.63) is 47.7 Å². The second-order valence-corrected chi connectivity index (χ2v) is 6.94. The lowest BCUT2D eigenvalue weighted by Crippen LogP contribution is -2.48. The minimum absolute atomic E-state index is 0.0647. The maximum absolute atomic E-state index is 10.9. The highest BCUT2D eigenvalue weighted by atomic mass is 16.1. The zero-order chi connectivity index (χ0) is 15.9. The van der Waals surface area contributed by atoms with Crippen molar-refractivity contribution in [2.45, 2.75) is 38.6 Å². The Hall–Kier alpha value is -1.87. The molecule has 0 radical (unpaired) electrons. The summed E-state index contributed by atoms with van der Waals surface area (Å²) in [7, 11) is 0. The van der Waals surface area contributed by atoms with E-state index in [4.69, 9.17) is 0 Å². The molecule has 23 heavy (non-hydrogen) atoms. The lowest BCUT2D eigenvalue weighted by molar-refractivity contribution is -0.104. The first kappa shape index (κ1) is 14.7. The van der Waals surface area contributed by atoms with Crippen molar-refractivity contribution >= 4 is 17.2 Å². The van der Waals surface area contributed by atoms with Gasteiger partial charge in [0.05, 0.1) is 6.04 Å².